The van der Waals surface area contributed by atoms with Gasteiger partial charge in [0.05, 0.1) is 16.7 Å². The van der Waals surface area contributed by atoms with Gasteiger partial charge in [-0.05, 0) is 30.3 Å². The average Bonchev–Trinajstić information content (AvgIpc) is 2.80. The highest BCUT2D eigenvalue weighted by Crippen LogP contribution is 2.26. The number of benzene rings is 2. The standard InChI is InChI=1S/C15H10BrClF2N2/c16-9-1-4-13-14(7-9)21(15(20-13)5-6-17)10-2-3-11(18)12(19)8-10/h1-4,7-8H,5-6H2. The maximum atomic E-state index is 13.5. The van der Waals surface area contributed by atoms with Crippen molar-refractivity contribution in [2.45, 2.75) is 6.42 Å². The Morgan fingerprint density at radius 1 is 1.10 bits per heavy atom. The number of halogens is 4. The molecule has 0 radical (unpaired) electrons. The molecule has 0 unspecified atom stereocenters. The minimum absolute atomic E-state index is 0.397. The Labute approximate surface area is 133 Å². The number of aryl methyl sites for hydroxylation is 1. The summed E-state index contributed by atoms with van der Waals surface area (Å²) in [6.45, 7) is 0. The molecule has 0 aliphatic carbocycles. The highest BCUT2D eigenvalue weighted by molar-refractivity contribution is 9.10. The summed E-state index contributed by atoms with van der Waals surface area (Å²) in [5, 5.41) is 0. The van der Waals surface area contributed by atoms with Gasteiger partial charge in [-0.1, -0.05) is 15.9 Å². The van der Waals surface area contributed by atoms with Crippen LogP contribution in [0.25, 0.3) is 16.7 Å². The minimum Gasteiger partial charge on any atom is -0.296 e. The zero-order valence-electron chi connectivity index (χ0n) is 10.8. The van der Waals surface area contributed by atoms with E-state index in [2.05, 4.69) is 20.9 Å². The van der Waals surface area contributed by atoms with Gasteiger partial charge in [0.2, 0.25) is 0 Å². The van der Waals surface area contributed by atoms with E-state index in [4.69, 9.17) is 11.6 Å². The number of aromatic nitrogens is 2. The van der Waals surface area contributed by atoms with Crippen LogP contribution in [0, 0.1) is 11.6 Å². The molecule has 0 amide bonds. The van der Waals surface area contributed by atoms with E-state index in [0.29, 0.717) is 23.8 Å². The second kappa shape index (κ2) is 5.73. The van der Waals surface area contributed by atoms with Crippen LogP contribution in [0.2, 0.25) is 0 Å². The van der Waals surface area contributed by atoms with E-state index in [0.717, 1.165) is 27.6 Å². The number of alkyl halides is 1. The molecule has 0 aliphatic rings. The van der Waals surface area contributed by atoms with Gasteiger partial charge < -0.3 is 0 Å². The second-order valence-corrected chi connectivity index (χ2v) is 5.83. The summed E-state index contributed by atoms with van der Waals surface area (Å²) in [4.78, 5) is 4.51. The van der Waals surface area contributed by atoms with E-state index in [9.17, 15) is 8.78 Å². The van der Waals surface area contributed by atoms with E-state index in [1.165, 1.54) is 6.07 Å². The molecule has 108 valence electrons. The lowest BCUT2D eigenvalue weighted by Crippen LogP contribution is -2.03. The third kappa shape index (κ3) is 2.68. The van der Waals surface area contributed by atoms with E-state index in [-0.39, 0.29) is 0 Å². The molecule has 1 heterocycles. The predicted octanol–water partition coefficient (Wildman–Crippen LogP) is 4.85. The number of hydrogen-bond donors (Lipinski definition) is 0. The van der Waals surface area contributed by atoms with E-state index in [1.807, 2.05) is 18.2 Å². The lowest BCUT2D eigenvalue weighted by atomic mass is 10.2. The van der Waals surface area contributed by atoms with Gasteiger partial charge in [-0.3, -0.25) is 4.57 Å². The molecule has 0 spiro atoms. The largest absolute Gasteiger partial charge is 0.296 e. The number of hydrogen-bond acceptors (Lipinski definition) is 1. The van der Waals surface area contributed by atoms with Crippen LogP contribution in [-0.2, 0) is 6.42 Å². The summed E-state index contributed by atoms with van der Waals surface area (Å²) >= 11 is 9.23. The Morgan fingerprint density at radius 3 is 2.62 bits per heavy atom. The Balaban J connectivity index is 2.29. The first-order chi connectivity index (χ1) is 10.1. The summed E-state index contributed by atoms with van der Waals surface area (Å²) in [6.07, 6.45) is 0.535. The molecule has 2 aromatic carbocycles. The summed E-state index contributed by atoms with van der Waals surface area (Å²) < 4.78 is 29.3. The predicted molar refractivity (Wildman–Crippen MR) is 83.1 cm³/mol. The van der Waals surface area contributed by atoms with Crippen LogP contribution < -0.4 is 0 Å². The number of nitrogens with zero attached hydrogens (tertiary/aromatic N) is 2. The molecule has 1 aromatic heterocycles. The number of fused-ring (bicyclic) bond motifs is 1. The molecule has 0 aliphatic heterocycles. The van der Waals surface area contributed by atoms with Crippen molar-refractivity contribution in [2.75, 3.05) is 5.88 Å². The summed E-state index contributed by atoms with van der Waals surface area (Å²) in [5.41, 5.74) is 2.12. The Morgan fingerprint density at radius 2 is 1.90 bits per heavy atom. The second-order valence-electron chi connectivity index (χ2n) is 4.53. The lowest BCUT2D eigenvalue weighted by molar-refractivity contribution is 0.508. The molecule has 0 saturated heterocycles. The van der Waals surface area contributed by atoms with Gasteiger partial charge in [0.1, 0.15) is 5.82 Å². The zero-order valence-corrected chi connectivity index (χ0v) is 13.1. The van der Waals surface area contributed by atoms with Crippen molar-refractivity contribution in [1.29, 1.82) is 0 Å². The Bertz CT molecular complexity index is 817. The van der Waals surface area contributed by atoms with Crippen LogP contribution in [0.4, 0.5) is 8.78 Å². The summed E-state index contributed by atoms with van der Waals surface area (Å²) in [7, 11) is 0. The van der Waals surface area contributed by atoms with E-state index >= 15 is 0 Å². The average molecular weight is 372 g/mol. The first-order valence-electron chi connectivity index (χ1n) is 6.28. The third-order valence-electron chi connectivity index (χ3n) is 3.17. The van der Waals surface area contributed by atoms with Crippen LogP contribution >= 0.6 is 27.5 Å². The van der Waals surface area contributed by atoms with Crippen LogP contribution in [-0.4, -0.2) is 15.4 Å². The number of imidazole rings is 1. The maximum absolute atomic E-state index is 13.5. The summed E-state index contributed by atoms with van der Waals surface area (Å²) in [6, 6.07) is 9.44. The first-order valence-corrected chi connectivity index (χ1v) is 7.61. The van der Waals surface area contributed by atoms with E-state index < -0.39 is 11.6 Å². The molecule has 0 N–H and O–H groups in total. The van der Waals surface area contributed by atoms with Crippen molar-refractivity contribution in [1.82, 2.24) is 9.55 Å². The van der Waals surface area contributed by atoms with Crippen LogP contribution in [0.1, 0.15) is 5.82 Å². The van der Waals surface area contributed by atoms with Crippen molar-refractivity contribution < 1.29 is 8.78 Å². The molecule has 3 aromatic rings. The Kier molecular flexibility index (Phi) is 3.95. The maximum Gasteiger partial charge on any atom is 0.160 e. The van der Waals surface area contributed by atoms with Gasteiger partial charge in [0.25, 0.3) is 0 Å². The third-order valence-corrected chi connectivity index (χ3v) is 3.85. The lowest BCUT2D eigenvalue weighted by Gasteiger charge is -2.09. The van der Waals surface area contributed by atoms with Gasteiger partial charge >= 0.3 is 0 Å². The molecule has 21 heavy (non-hydrogen) atoms. The van der Waals surface area contributed by atoms with Gasteiger partial charge in [-0.25, -0.2) is 13.8 Å². The van der Waals surface area contributed by atoms with E-state index in [1.54, 1.807) is 4.57 Å². The molecule has 3 rings (SSSR count). The molecule has 0 bridgehead atoms. The quantitative estimate of drug-likeness (QED) is 0.602. The van der Waals surface area contributed by atoms with Crippen molar-refractivity contribution in [3.8, 4) is 5.69 Å². The fraction of sp³-hybridized carbons (Fsp3) is 0.133. The SMILES string of the molecule is Fc1ccc(-n2c(CCCl)nc3ccc(Br)cc32)cc1F. The normalized spacial score (nSPS) is 11.2. The smallest absolute Gasteiger partial charge is 0.160 e. The zero-order chi connectivity index (χ0) is 15.0. The van der Waals surface area contributed by atoms with Crippen molar-refractivity contribution in [3.63, 3.8) is 0 Å². The monoisotopic (exact) mass is 370 g/mol. The molecule has 0 atom stereocenters. The van der Waals surface area contributed by atoms with Crippen molar-refractivity contribution >= 4 is 38.6 Å². The fourth-order valence-electron chi connectivity index (χ4n) is 2.26. The van der Waals surface area contributed by atoms with Gasteiger partial charge in [-0.2, -0.15) is 0 Å². The molecule has 0 saturated carbocycles. The molecule has 0 fully saturated rings. The highest BCUT2D eigenvalue weighted by Gasteiger charge is 2.14. The first kappa shape index (κ1) is 14.5. The molecule has 6 heteroatoms. The Hall–Kier alpha value is -1.46. The fourth-order valence-corrected chi connectivity index (χ4v) is 2.78. The van der Waals surface area contributed by atoms with Crippen molar-refractivity contribution in [2.24, 2.45) is 0 Å². The summed E-state index contributed by atoms with van der Waals surface area (Å²) in [5.74, 6) is -0.651. The highest BCUT2D eigenvalue weighted by atomic mass is 79.9. The van der Waals surface area contributed by atoms with Crippen LogP contribution in [0.5, 0.6) is 0 Å². The van der Waals surface area contributed by atoms with Crippen LogP contribution in [0.3, 0.4) is 0 Å². The molecule has 2 nitrogen and oxygen atoms in total. The van der Waals surface area contributed by atoms with Crippen molar-refractivity contribution in [3.05, 3.63) is 58.3 Å². The number of rotatable bonds is 3. The van der Waals surface area contributed by atoms with Gasteiger partial charge in [-0.15, -0.1) is 11.6 Å². The minimum atomic E-state index is -0.888. The molecular formula is C15H10BrClF2N2. The molecular weight excluding hydrogens is 362 g/mol. The van der Waals surface area contributed by atoms with Gasteiger partial charge in [0.15, 0.2) is 11.6 Å². The van der Waals surface area contributed by atoms with Gasteiger partial charge in [0, 0.05) is 22.8 Å². The van der Waals surface area contributed by atoms with Crippen LogP contribution in [0.15, 0.2) is 40.9 Å². The topological polar surface area (TPSA) is 17.8 Å².